The van der Waals surface area contributed by atoms with E-state index in [1.54, 1.807) is 0 Å². The van der Waals surface area contributed by atoms with Crippen molar-refractivity contribution >= 4 is 59.7 Å². The quantitative estimate of drug-likeness (QED) is 0.00763. The molecule has 2 aromatic carbocycles. The minimum atomic E-state index is -0.839. The van der Waals surface area contributed by atoms with Crippen LogP contribution in [0.1, 0.15) is 185 Å². The second-order valence-electron chi connectivity index (χ2n) is 22.8. The van der Waals surface area contributed by atoms with E-state index in [9.17, 15) is 70.6 Å². The average Bonchev–Trinajstić information content (AvgIpc) is 1.74. The van der Waals surface area contributed by atoms with E-state index in [1.165, 1.54) is 24.0 Å². The maximum Gasteiger partial charge on any atom is 0.305 e. The highest BCUT2D eigenvalue weighted by Gasteiger charge is 2.41. The Morgan fingerprint density at radius 1 is 0.532 bits per heavy atom. The number of carboxylic acids is 1. The zero-order valence-corrected chi connectivity index (χ0v) is 58.8. The Morgan fingerprint density at radius 2 is 0.904 bits per heavy atom. The molecule has 27 heteroatoms. The van der Waals surface area contributed by atoms with Crippen LogP contribution >= 0.6 is 47.8 Å². The van der Waals surface area contributed by atoms with Gasteiger partial charge in [0, 0.05) is 48.7 Å². The lowest BCUT2D eigenvalue weighted by molar-refractivity contribution is -0.757. The zero-order chi connectivity index (χ0) is 69.1. The van der Waals surface area contributed by atoms with Gasteiger partial charge in [-0.1, -0.05) is 140 Å². The van der Waals surface area contributed by atoms with Crippen molar-refractivity contribution in [1.82, 2.24) is 0 Å². The van der Waals surface area contributed by atoms with Gasteiger partial charge in [0.25, 0.3) is 15.3 Å². The summed E-state index contributed by atoms with van der Waals surface area (Å²) in [5.41, 5.74) is 2.41. The Bertz CT molecular complexity index is 2160. The van der Waals surface area contributed by atoms with Crippen molar-refractivity contribution in [2.24, 2.45) is 23.7 Å². The molecule has 0 aromatic heterocycles. The van der Waals surface area contributed by atoms with Gasteiger partial charge in [0.1, 0.15) is 0 Å². The fraction of sp³-hybridized carbons (Fsp3) is 0.731. The fourth-order valence-electron chi connectivity index (χ4n) is 10.3. The molecule has 2 saturated carbocycles. The van der Waals surface area contributed by atoms with E-state index >= 15 is 0 Å². The number of ether oxygens (including phenoxy) is 2. The number of hydrogen-bond donors (Lipinski definition) is 8. The van der Waals surface area contributed by atoms with Crippen molar-refractivity contribution in [3.8, 4) is 0 Å². The summed E-state index contributed by atoms with van der Waals surface area (Å²) in [5.74, 6) is -1.17. The van der Waals surface area contributed by atoms with Crippen molar-refractivity contribution in [3.05, 3.63) is 126 Å². The molecule has 0 spiro atoms. The number of hydrogen-bond acceptors (Lipinski definition) is 20. The second kappa shape index (κ2) is 63.3. The largest absolute Gasteiger partial charge is 0.481 e. The first kappa shape index (κ1) is 91.6. The van der Waals surface area contributed by atoms with Crippen LogP contribution in [0.3, 0.4) is 0 Å². The lowest BCUT2D eigenvalue weighted by atomic mass is 9.85. The molecule has 5 rings (SSSR count). The van der Waals surface area contributed by atoms with Crippen molar-refractivity contribution in [2.75, 3.05) is 62.2 Å². The molecule has 1 aliphatic heterocycles. The topological polar surface area (TPSA) is 372 Å². The molecule has 1 heterocycles. The van der Waals surface area contributed by atoms with Crippen LogP contribution in [0.15, 0.2) is 85.0 Å². The van der Waals surface area contributed by atoms with Gasteiger partial charge in [0.15, 0.2) is 0 Å². The summed E-state index contributed by atoms with van der Waals surface area (Å²) >= 11 is 9.62. The number of carbonyl (C=O) groups is 2. The van der Waals surface area contributed by atoms with Crippen molar-refractivity contribution in [3.63, 3.8) is 0 Å². The van der Waals surface area contributed by atoms with Crippen molar-refractivity contribution in [1.29, 1.82) is 0 Å². The number of aliphatic hydroxyl groups is 7. The molecular formula is C67H112Br3N3O21. The maximum absolute atomic E-state index is 11.7. The lowest BCUT2D eigenvalue weighted by Gasteiger charge is -2.23. The van der Waals surface area contributed by atoms with E-state index in [2.05, 4.69) is 86.6 Å². The molecule has 0 unspecified atom stereocenters. The smallest absolute Gasteiger partial charge is 0.305 e. The summed E-state index contributed by atoms with van der Waals surface area (Å²) in [7, 11) is 0. The SMILES string of the molecule is C.C1CCOC1.O=C(CCC/C=C\C[C@@H]1[C@@H](CC[C@@H](O)CCc2ccccc2)[C@H](O)C[C@@H]1O)OCCCCO[N+](=O)[O-].O=C(O)CCC/C=C\C[C@@H]1[C@@H](CC[C@@H](O)CCc2ccccc2)[C@H](O)C[C@@H]1O.O=[N+]([O-])OCCCCBr.O=[N+]([O-])OCCCCBr.OCCCCBr. The zero-order valence-electron chi connectivity index (χ0n) is 54.1. The summed E-state index contributed by atoms with van der Waals surface area (Å²) in [6, 6.07) is 20.2. The summed E-state index contributed by atoms with van der Waals surface area (Å²) < 4.78 is 10.0. The summed E-state index contributed by atoms with van der Waals surface area (Å²) in [6.07, 6.45) is 24.6. The average molecular weight is 1540 g/mol. The van der Waals surface area contributed by atoms with Gasteiger partial charge in [-0.05, 0) is 202 Å². The van der Waals surface area contributed by atoms with E-state index in [4.69, 9.17) is 19.7 Å². The third-order valence-electron chi connectivity index (χ3n) is 15.4. The summed E-state index contributed by atoms with van der Waals surface area (Å²) in [6.45, 7) is 2.96. The number of esters is 1. The first-order valence-corrected chi connectivity index (χ1v) is 36.2. The first-order chi connectivity index (χ1) is 44.8. The van der Waals surface area contributed by atoms with E-state index in [-0.39, 0.29) is 69.9 Å². The Balaban J connectivity index is 0. The number of nitrogens with zero attached hydrogens (tertiary/aromatic N) is 3. The minimum absolute atomic E-state index is 0. The molecule has 1 saturated heterocycles. The molecule has 2 aliphatic carbocycles. The van der Waals surface area contributed by atoms with Gasteiger partial charge in [0.2, 0.25) is 0 Å². The Labute approximate surface area is 582 Å². The van der Waals surface area contributed by atoms with E-state index in [0.29, 0.717) is 116 Å². The number of unbranched alkanes of at least 4 members (excludes halogenated alkanes) is 6. The van der Waals surface area contributed by atoms with Gasteiger partial charge in [-0.15, -0.1) is 30.3 Å². The normalized spacial score (nSPS) is 19.9. The first-order valence-electron chi connectivity index (χ1n) is 32.8. The number of aryl methyl sites for hydroxylation is 2. The van der Waals surface area contributed by atoms with Crippen LogP contribution in [-0.2, 0) is 46.4 Å². The third-order valence-corrected chi connectivity index (χ3v) is 17.1. The van der Waals surface area contributed by atoms with Crippen LogP contribution in [0.4, 0.5) is 0 Å². The van der Waals surface area contributed by atoms with Crippen LogP contribution in [-0.4, -0.2) is 167 Å². The number of rotatable bonds is 43. The Kier molecular flexibility index (Phi) is 61.7. The molecule has 2 aromatic rings. The molecule has 94 heavy (non-hydrogen) atoms. The maximum atomic E-state index is 11.7. The van der Waals surface area contributed by atoms with E-state index in [1.807, 2.05) is 60.7 Å². The fourth-order valence-corrected chi connectivity index (χ4v) is 11.5. The van der Waals surface area contributed by atoms with Crippen LogP contribution in [0.2, 0.25) is 0 Å². The monoisotopic (exact) mass is 1530 g/mol. The summed E-state index contributed by atoms with van der Waals surface area (Å²) in [5, 5.41) is 108. The van der Waals surface area contributed by atoms with Gasteiger partial charge in [-0.25, -0.2) is 0 Å². The Hall–Kier alpha value is -4.42. The molecule has 24 nitrogen and oxygen atoms in total. The Morgan fingerprint density at radius 3 is 1.26 bits per heavy atom. The standard InChI is InChI=1S/C27H41NO8.C23H34O5.2C4H8BrNO3.C4H9BrO.C4H8O.CH4/c29-22(15-14-21-10-4-3-5-11-21)16-17-24-23(25(30)20-26(24)31)12-6-1-2-7-13-27(32)35-18-8-9-19-36-28(33)34;24-18(13-12-17-8-4-3-5-9-17)14-15-20-19(21(25)16-22(20)26)10-6-1-2-7-11-23(27)28;2*5-3-1-2-4-9-6(7)8;5-3-1-2-4-6;1-2-4-5-3-1;/h1,3-6,10-11,22-26,29-31H,2,7-9,12-20H2;1,3-6,8-9,18-22,24-26H,2,7,10-16H2,(H,27,28);2*1-4H2;6H,1-4H2;1-4H2;1H4/b2*6-1-;;;;;/t22-,23+,24+,25-,26+;18-,19+,20+,21-,22+;;;;;/m00...../s1. The lowest BCUT2D eigenvalue weighted by Crippen LogP contribution is -2.23. The highest BCUT2D eigenvalue weighted by molar-refractivity contribution is 9.09. The molecule has 10 atom stereocenters. The van der Waals surface area contributed by atoms with Crippen LogP contribution in [0.5, 0.6) is 0 Å². The summed E-state index contributed by atoms with van der Waals surface area (Å²) in [4.78, 5) is 63.6. The van der Waals surface area contributed by atoms with Crippen molar-refractivity contribution in [2.45, 2.75) is 224 Å². The van der Waals surface area contributed by atoms with Crippen LogP contribution in [0.25, 0.3) is 0 Å². The number of aliphatic hydroxyl groups excluding tert-OH is 7. The number of aliphatic carboxylic acids is 1. The molecule has 8 N–H and O–H groups in total. The number of carboxylic acid groups (broad SMARTS) is 1. The third kappa shape index (κ3) is 53.7. The molecule has 542 valence electrons. The minimum Gasteiger partial charge on any atom is -0.481 e. The van der Waals surface area contributed by atoms with Gasteiger partial charge >= 0.3 is 11.9 Å². The number of benzene rings is 2. The highest BCUT2D eigenvalue weighted by Crippen LogP contribution is 2.40. The molecule has 3 aliphatic rings. The number of carbonyl (C=O) groups excluding carboxylic acids is 1. The molecule has 0 radical (unpaired) electrons. The molecule has 3 fully saturated rings. The van der Waals surface area contributed by atoms with Crippen LogP contribution < -0.4 is 0 Å². The number of alkyl halides is 3. The molecular weight excluding hydrogens is 1420 g/mol. The van der Waals surface area contributed by atoms with Gasteiger partial charge in [0.05, 0.1) is 63.1 Å². The molecule has 0 bridgehead atoms. The second-order valence-corrected chi connectivity index (χ2v) is 25.2. The van der Waals surface area contributed by atoms with Gasteiger partial charge in [-0.2, -0.15) is 0 Å². The number of allylic oxidation sites excluding steroid dienone is 4. The van der Waals surface area contributed by atoms with E-state index < -0.39 is 57.9 Å². The predicted molar refractivity (Wildman–Crippen MR) is 372 cm³/mol. The predicted octanol–water partition coefficient (Wildman–Crippen LogP) is 12.4. The van der Waals surface area contributed by atoms with Gasteiger partial charge < -0.3 is 64.8 Å². The van der Waals surface area contributed by atoms with E-state index in [0.717, 1.165) is 80.6 Å². The van der Waals surface area contributed by atoms with Gasteiger partial charge in [-0.3, -0.25) is 9.59 Å². The van der Waals surface area contributed by atoms with Crippen molar-refractivity contribution < 1.29 is 89.7 Å². The molecule has 0 amide bonds. The number of halogens is 3. The highest BCUT2D eigenvalue weighted by atomic mass is 79.9. The van der Waals surface area contributed by atoms with Crippen LogP contribution in [0, 0.1) is 54.0 Å².